The summed E-state index contributed by atoms with van der Waals surface area (Å²) < 4.78 is 5.76. The summed E-state index contributed by atoms with van der Waals surface area (Å²) in [7, 11) is 0. The predicted octanol–water partition coefficient (Wildman–Crippen LogP) is 4.46. The van der Waals surface area contributed by atoms with Gasteiger partial charge in [0.25, 0.3) is 11.8 Å². The van der Waals surface area contributed by atoms with Crippen molar-refractivity contribution in [3.63, 3.8) is 0 Å². The molecule has 5 nitrogen and oxygen atoms in total. The highest BCUT2D eigenvalue weighted by molar-refractivity contribution is 7.99. The molecule has 1 aliphatic rings. The van der Waals surface area contributed by atoms with Crippen molar-refractivity contribution in [3.8, 4) is 0 Å². The summed E-state index contributed by atoms with van der Waals surface area (Å²) in [5.41, 5.74) is 0.0460. The van der Waals surface area contributed by atoms with Crippen LogP contribution in [0.15, 0.2) is 56.4 Å². The molecule has 0 bridgehead atoms. The van der Waals surface area contributed by atoms with Crippen LogP contribution in [0.1, 0.15) is 19.6 Å². The minimum atomic E-state index is -0.402. The number of hydrogen-bond acceptors (Lipinski definition) is 5. The van der Waals surface area contributed by atoms with Crippen LogP contribution in [0.25, 0.3) is 6.08 Å². The molecule has 3 rings (SSSR count). The van der Waals surface area contributed by atoms with E-state index in [0.717, 1.165) is 4.90 Å². The smallest absolute Gasteiger partial charge is 0.265 e. The Hall–Kier alpha value is -2.09. The third-order valence-electron chi connectivity index (χ3n) is 3.97. The monoisotopic (exact) mass is 420 g/mol. The maximum absolute atomic E-state index is 12.6. The molecule has 0 radical (unpaired) electrons. The summed E-state index contributed by atoms with van der Waals surface area (Å²) in [6, 6.07) is 10.9. The largest absolute Gasteiger partial charge is 0.450 e. The van der Waals surface area contributed by atoms with E-state index in [2.05, 4.69) is 0 Å². The average Bonchev–Trinajstić information content (AvgIpc) is 3.08. The van der Waals surface area contributed by atoms with Gasteiger partial charge in [-0.15, -0.1) is 0 Å². The Morgan fingerprint density at radius 3 is 2.19 bits per heavy atom. The molecule has 0 N–H and O–H groups in total. The number of nitrogens with zero attached hydrogens (tertiary/aromatic N) is 2. The minimum absolute atomic E-state index is 0.0460. The van der Waals surface area contributed by atoms with Gasteiger partial charge in [-0.05, 0) is 68.5 Å². The lowest BCUT2D eigenvalue weighted by Crippen LogP contribution is -2.55. The van der Waals surface area contributed by atoms with Gasteiger partial charge in [-0.25, -0.2) is 0 Å². The fourth-order valence-electron chi connectivity index (χ4n) is 2.61. The number of likely N-dealkylation sites (N-methyl/N-ethyl adjacent to an activating group) is 2. The Morgan fingerprint density at radius 2 is 1.63 bits per heavy atom. The minimum Gasteiger partial charge on any atom is -0.450 e. The number of benzene rings is 1. The second-order valence-electron chi connectivity index (χ2n) is 5.65. The number of hydrogen-bond donors (Lipinski definition) is 0. The number of amides is 2. The standard InChI is InChI=1S/C19H17ClN2O3S2/c1-3-21-17(23)15(18(24)22(4-2)19(21)26)11-13-7-10-16(25-13)27-14-8-5-12(20)6-9-14/h5-11H,3-4H2,1-2H3. The quantitative estimate of drug-likeness (QED) is 0.406. The lowest BCUT2D eigenvalue weighted by molar-refractivity contribution is -0.133. The van der Waals surface area contributed by atoms with Crippen molar-refractivity contribution in [2.75, 3.05) is 13.1 Å². The van der Waals surface area contributed by atoms with Gasteiger partial charge >= 0.3 is 0 Å². The fraction of sp³-hybridized carbons (Fsp3) is 0.211. The lowest BCUT2D eigenvalue weighted by Gasteiger charge is -2.35. The molecule has 2 aromatic rings. The third kappa shape index (κ3) is 4.10. The molecule has 1 saturated heterocycles. The Kier molecular flexibility index (Phi) is 6.04. The average molecular weight is 421 g/mol. The first-order chi connectivity index (χ1) is 12.9. The summed E-state index contributed by atoms with van der Waals surface area (Å²) in [5, 5.41) is 1.55. The highest BCUT2D eigenvalue weighted by Crippen LogP contribution is 2.31. The highest BCUT2D eigenvalue weighted by Gasteiger charge is 2.38. The van der Waals surface area contributed by atoms with Crippen molar-refractivity contribution in [1.29, 1.82) is 0 Å². The molecule has 0 aliphatic carbocycles. The van der Waals surface area contributed by atoms with Gasteiger partial charge in [0, 0.05) is 23.0 Å². The predicted molar refractivity (Wildman–Crippen MR) is 110 cm³/mol. The molecule has 0 spiro atoms. The van der Waals surface area contributed by atoms with Crippen LogP contribution in [0.3, 0.4) is 0 Å². The number of thiocarbonyl (C=S) groups is 1. The van der Waals surface area contributed by atoms with Crippen LogP contribution in [0.2, 0.25) is 5.02 Å². The van der Waals surface area contributed by atoms with Crippen LogP contribution < -0.4 is 0 Å². The zero-order valence-corrected chi connectivity index (χ0v) is 17.2. The lowest BCUT2D eigenvalue weighted by atomic mass is 10.1. The van der Waals surface area contributed by atoms with E-state index in [9.17, 15) is 9.59 Å². The van der Waals surface area contributed by atoms with E-state index in [1.54, 1.807) is 24.3 Å². The van der Waals surface area contributed by atoms with Gasteiger partial charge in [-0.3, -0.25) is 19.4 Å². The van der Waals surface area contributed by atoms with Crippen molar-refractivity contribution in [1.82, 2.24) is 9.80 Å². The second kappa shape index (κ2) is 8.29. The molecule has 2 amide bonds. The topological polar surface area (TPSA) is 53.8 Å². The van der Waals surface area contributed by atoms with E-state index in [1.165, 1.54) is 27.6 Å². The molecule has 0 unspecified atom stereocenters. The maximum atomic E-state index is 12.6. The molecule has 8 heteroatoms. The summed E-state index contributed by atoms with van der Waals surface area (Å²) in [6.45, 7) is 4.43. The van der Waals surface area contributed by atoms with Crippen molar-refractivity contribution < 1.29 is 14.0 Å². The van der Waals surface area contributed by atoms with Crippen molar-refractivity contribution in [2.24, 2.45) is 0 Å². The Labute approximate surface area is 171 Å². The first-order valence-electron chi connectivity index (χ1n) is 8.37. The van der Waals surface area contributed by atoms with E-state index in [1.807, 2.05) is 26.0 Å². The van der Waals surface area contributed by atoms with E-state index >= 15 is 0 Å². The third-order valence-corrected chi connectivity index (χ3v) is 5.59. The van der Waals surface area contributed by atoms with Gasteiger partial charge in [0.05, 0.1) is 0 Å². The molecule has 0 atom stereocenters. The molecule has 0 saturated carbocycles. The molecule has 1 aromatic carbocycles. The van der Waals surface area contributed by atoms with Gasteiger partial charge in [-0.1, -0.05) is 23.4 Å². The van der Waals surface area contributed by atoms with E-state index < -0.39 is 11.8 Å². The van der Waals surface area contributed by atoms with Crippen LogP contribution in [0.4, 0.5) is 0 Å². The molecule has 140 valence electrons. The highest BCUT2D eigenvalue weighted by atomic mass is 35.5. The SMILES string of the molecule is CCN1C(=O)C(=Cc2ccc(Sc3ccc(Cl)cc3)o2)C(=O)N(CC)C1=S. The maximum Gasteiger partial charge on any atom is 0.265 e. The van der Waals surface area contributed by atoms with Crippen LogP contribution in [0, 0.1) is 0 Å². The Morgan fingerprint density at radius 1 is 1.04 bits per heavy atom. The second-order valence-corrected chi connectivity index (χ2v) is 7.53. The molecule has 1 fully saturated rings. The van der Waals surface area contributed by atoms with Crippen LogP contribution in [0.5, 0.6) is 0 Å². The molecular formula is C19H17ClN2O3S2. The molecular weight excluding hydrogens is 404 g/mol. The molecule has 1 aliphatic heterocycles. The van der Waals surface area contributed by atoms with Gasteiger partial charge in [0.2, 0.25) is 0 Å². The van der Waals surface area contributed by atoms with E-state index in [0.29, 0.717) is 29.0 Å². The molecule has 2 heterocycles. The fourth-order valence-corrected chi connectivity index (χ4v) is 3.94. The van der Waals surface area contributed by atoms with Gasteiger partial charge in [0.1, 0.15) is 11.3 Å². The van der Waals surface area contributed by atoms with Crippen molar-refractivity contribution in [2.45, 2.75) is 23.8 Å². The Balaban J connectivity index is 1.85. The zero-order chi connectivity index (χ0) is 19.6. The normalized spacial score (nSPS) is 14.9. The van der Waals surface area contributed by atoms with E-state index in [-0.39, 0.29) is 10.7 Å². The number of furan rings is 1. The number of carbonyl (C=O) groups is 2. The summed E-state index contributed by atoms with van der Waals surface area (Å²) in [4.78, 5) is 29.1. The number of halogens is 1. The van der Waals surface area contributed by atoms with Gasteiger partial charge in [-0.2, -0.15) is 0 Å². The van der Waals surface area contributed by atoms with Crippen molar-refractivity contribution in [3.05, 3.63) is 52.8 Å². The summed E-state index contributed by atoms with van der Waals surface area (Å²) in [5.74, 6) is -0.371. The first kappa shape index (κ1) is 19.7. The summed E-state index contributed by atoms with van der Waals surface area (Å²) in [6.07, 6.45) is 1.48. The van der Waals surface area contributed by atoms with Crippen LogP contribution in [-0.4, -0.2) is 39.8 Å². The van der Waals surface area contributed by atoms with Crippen molar-refractivity contribution >= 4 is 58.6 Å². The number of carbonyl (C=O) groups excluding carboxylic acids is 2. The summed E-state index contributed by atoms with van der Waals surface area (Å²) >= 11 is 12.6. The van der Waals surface area contributed by atoms with Gasteiger partial charge < -0.3 is 4.42 Å². The van der Waals surface area contributed by atoms with Crippen LogP contribution >= 0.6 is 35.6 Å². The first-order valence-corrected chi connectivity index (χ1v) is 9.97. The van der Waals surface area contributed by atoms with Gasteiger partial charge in [0.15, 0.2) is 10.2 Å². The van der Waals surface area contributed by atoms with E-state index in [4.69, 9.17) is 28.2 Å². The molecule has 1 aromatic heterocycles. The number of rotatable bonds is 5. The zero-order valence-electron chi connectivity index (χ0n) is 14.8. The molecule has 27 heavy (non-hydrogen) atoms. The van der Waals surface area contributed by atoms with Crippen LogP contribution in [-0.2, 0) is 9.59 Å². The Bertz CT molecular complexity index is 893.